The number of unbranched alkanes of at least 4 members (excludes halogenated alkanes) is 2. The maximum Gasteiger partial charge on any atom is 0.303 e. The minimum atomic E-state index is -0.728. The van der Waals surface area contributed by atoms with Gasteiger partial charge in [0.05, 0.1) is 6.17 Å². The van der Waals surface area contributed by atoms with Gasteiger partial charge in [-0.3, -0.25) is 14.9 Å². The van der Waals surface area contributed by atoms with Crippen LogP contribution in [-0.2, 0) is 9.59 Å². The van der Waals surface area contributed by atoms with Gasteiger partial charge in [0, 0.05) is 12.8 Å². The molecule has 0 radical (unpaired) electrons. The molecule has 0 aliphatic carbocycles. The van der Waals surface area contributed by atoms with E-state index in [1.54, 1.807) is 0 Å². The van der Waals surface area contributed by atoms with Crippen molar-refractivity contribution in [2.45, 2.75) is 57.5 Å². The molecular weight excluding hydrogens is 220 g/mol. The van der Waals surface area contributed by atoms with Gasteiger partial charge in [-0.2, -0.15) is 0 Å². The molecule has 1 rings (SSSR count). The molecule has 0 saturated carbocycles. The summed E-state index contributed by atoms with van der Waals surface area (Å²) < 4.78 is 0. The Labute approximate surface area is 102 Å². The molecule has 17 heavy (non-hydrogen) atoms. The number of hydrogen-bond acceptors (Lipinski definition) is 3. The van der Waals surface area contributed by atoms with Gasteiger partial charge >= 0.3 is 5.97 Å². The summed E-state index contributed by atoms with van der Waals surface area (Å²) in [7, 11) is 0. The molecule has 5 heteroatoms. The third-order valence-electron chi connectivity index (χ3n) is 2.94. The first-order chi connectivity index (χ1) is 8.18. The molecule has 1 amide bonds. The van der Waals surface area contributed by atoms with Crippen molar-refractivity contribution >= 4 is 11.9 Å². The summed E-state index contributed by atoms with van der Waals surface area (Å²) in [5.41, 5.74) is 0. The zero-order valence-corrected chi connectivity index (χ0v) is 10.2. The Bertz CT molecular complexity index is 256. The normalized spacial score (nSPS) is 20.7. The van der Waals surface area contributed by atoms with Crippen LogP contribution in [0.1, 0.15) is 51.4 Å². The van der Waals surface area contributed by atoms with Crippen molar-refractivity contribution in [1.29, 1.82) is 0 Å². The first-order valence-electron chi connectivity index (χ1n) is 6.43. The predicted molar refractivity (Wildman–Crippen MR) is 64.5 cm³/mol. The molecule has 0 spiro atoms. The van der Waals surface area contributed by atoms with Gasteiger partial charge < -0.3 is 10.4 Å². The Hall–Kier alpha value is -1.10. The first-order valence-corrected chi connectivity index (χ1v) is 6.43. The molecule has 3 N–H and O–H groups in total. The number of carboxylic acids is 1. The summed E-state index contributed by atoms with van der Waals surface area (Å²) in [6.07, 6.45) is 6.63. The average Bonchev–Trinajstić information content (AvgIpc) is 2.47. The van der Waals surface area contributed by atoms with Crippen molar-refractivity contribution in [3.05, 3.63) is 0 Å². The smallest absolute Gasteiger partial charge is 0.303 e. The fourth-order valence-electron chi connectivity index (χ4n) is 1.98. The molecule has 0 aromatic heterocycles. The van der Waals surface area contributed by atoms with Gasteiger partial charge in [-0.1, -0.05) is 6.42 Å². The van der Waals surface area contributed by atoms with E-state index >= 15 is 0 Å². The van der Waals surface area contributed by atoms with E-state index in [2.05, 4.69) is 10.6 Å². The number of carboxylic acid groups (broad SMARTS) is 1. The number of aliphatic carboxylic acids is 1. The van der Waals surface area contributed by atoms with Crippen LogP contribution in [0.25, 0.3) is 0 Å². The van der Waals surface area contributed by atoms with Crippen LogP contribution in [0.2, 0.25) is 0 Å². The van der Waals surface area contributed by atoms with Gasteiger partial charge in [-0.05, 0) is 38.6 Å². The van der Waals surface area contributed by atoms with Crippen LogP contribution in [0.5, 0.6) is 0 Å². The van der Waals surface area contributed by atoms with Crippen LogP contribution < -0.4 is 10.6 Å². The van der Waals surface area contributed by atoms with E-state index in [4.69, 9.17) is 5.11 Å². The SMILES string of the molecule is O=C(O)CCCCCNC1CCCCC(=O)N1. The largest absolute Gasteiger partial charge is 0.481 e. The molecule has 98 valence electrons. The Kier molecular flexibility index (Phi) is 6.62. The number of amides is 1. The Morgan fingerprint density at radius 2 is 2.18 bits per heavy atom. The van der Waals surface area contributed by atoms with Crippen molar-refractivity contribution in [3.8, 4) is 0 Å². The molecule has 5 nitrogen and oxygen atoms in total. The van der Waals surface area contributed by atoms with Crippen LogP contribution in [0.3, 0.4) is 0 Å². The third-order valence-corrected chi connectivity index (χ3v) is 2.94. The maximum absolute atomic E-state index is 11.3. The molecule has 1 aliphatic heterocycles. The highest BCUT2D eigenvalue weighted by Gasteiger charge is 2.14. The van der Waals surface area contributed by atoms with Crippen LogP contribution >= 0.6 is 0 Å². The lowest BCUT2D eigenvalue weighted by Gasteiger charge is -2.17. The van der Waals surface area contributed by atoms with E-state index in [-0.39, 0.29) is 18.5 Å². The highest BCUT2D eigenvalue weighted by atomic mass is 16.4. The molecular formula is C12H22N2O3. The van der Waals surface area contributed by atoms with Crippen molar-refractivity contribution in [2.75, 3.05) is 6.54 Å². The second-order valence-electron chi connectivity index (χ2n) is 4.52. The van der Waals surface area contributed by atoms with E-state index in [9.17, 15) is 9.59 Å². The lowest BCUT2D eigenvalue weighted by atomic mass is 10.2. The van der Waals surface area contributed by atoms with Crippen molar-refractivity contribution < 1.29 is 14.7 Å². The van der Waals surface area contributed by atoms with Gasteiger partial charge in [0.15, 0.2) is 0 Å². The van der Waals surface area contributed by atoms with Crippen LogP contribution in [-0.4, -0.2) is 29.7 Å². The first kappa shape index (κ1) is 14.0. The van der Waals surface area contributed by atoms with Crippen molar-refractivity contribution in [2.24, 2.45) is 0 Å². The monoisotopic (exact) mass is 242 g/mol. The molecule has 1 saturated heterocycles. The molecule has 1 atom stereocenters. The van der Waals surface area contributed by atoms with E-state index in [0.29, 0.717) is 6.42 Å². The minimum absolute atomic E-state index is 0.101. The number of rotatable bonds is 7. The highest BCUT2D eigenvalue weighted by molar-refractivity contribution is 5.76. The number of hydrogen-bond donors (Lipinski definition) is 3. The second-order valence-corrected chi connectivity index (χ2v) is 4.52. The molecule has 0 aromatic rings. The Morgan fingerprint density at radius 3 is 2.94 bits per heavy atom. The van der Waals surface area contributed by atoms with E-state index in [1.165, 1.54) is 0 Å². The highest BCUT2D eigenvalue weighted by Crippen LogP contribution is 2.07. The average molecular weight is 242 g/mol. The van der Waals surface area contributed by atoms with Crippen molar-refractivity contribution in [3.63, 3.8) is 0 Å². The molecule has 1 unspecified atom stereocenters. The fourth-order valence-corrected chi connectivity index (χ4v) is 1.98. The summed E-state index contributed by atoms with van der Waals surface area (Å²) in [5.74, 6) is -0.597. The fraction of sp³-hybridized carbons (Fsp3) is 0.833. The molecule has 0 bridgehead atoms. The number of carbonyl (C=O) groups is 2. The summed E-state index contributed by atoms with van der Waals surface area (Å²) in [6.45, 7) is 0.838. The standard InChI is InChI=1S/C12H22N2O3/c15-11-7-4-3-6-10(14-11)13-9-5-1-2-8-12(16)17/h10,13H,1-9H2,(H,14,15)(H,16,17). The van der Waals surface area contributed by atoms with Gasteiger partial charge in [0.1, 0.15) is 0 Å². The van der Waals surface area contributed by atoms with Crippen LogP contribution in [0.15, 0.2) is 0 Å². The maximum atomic E-state index is 11.3. The van der Waals surface area contributed by atoms with Crippen LogP contribution in [0.4, 0.5) is 0 Å². The summed E-state index contributed by atoms with van der Waals surface area (Å²) in [5, 5.41) is 14.7. The zero-order chi connectivity index (χ0) is 12.5. The second kappa shape index (κ2) is 8.06. The van der Waals surface area contributed by atoms with Crippen LogP contribution in [0, 0.1) is 0 Å². The third kappa shape index (κ3) is 6.94. The van der Waals surface area contributed by atoms with E-state index < -0.39 is 5.97 Å². The van der Waals surface area contributed by atoms with Gasteiger partial charge in [0.25, 0.3) is 0 Å². The van der Waals surface area contributed by atoms with Gasteiger partial charge in [-0.25, -0.2) is 0 Å². The lowest BCUT2D eigenvalue weighted by Crippen LogP contribution is -2.44. The summed E-state index contributed by atoms with van der Waals surface area (Å²) in [6, 6.07) is 0. The molecule has 0 aromatic carbocycles. The Balaban J connectivity index is 2.01. The van der Waals surface area contributed by atoms with E-state index in [0.717, 1.165) is 45.1 Å². The summed E-state index contributed by atoms with van der Waals surface area (Å²) >= 11 is 0. The quantitative estimate of drug-likeness (QED) is 0.587. The summed E-state index contributed by atoms with van der Waals surface area (Å²) in [4.78, 5) is 21.6. The lowest BCUT2D eigenvalue weighted by molar-refractivity contribution is -0.137. The van der Waals surface area contributed by atoms with Crippen molar-refractivity contribution in [1.82, 2.24) is 10.6 Å². The molecule has 1 aliphatic rings. The van der Waals surface area contributed by atoms with Gasteiger partial charge in [0.2, 0.25) is 5.91 Å². The minimum Gasteiger partial charge on any atom is -0.481 e. The number of nitrogens with one attached hydrogen (secondary N) is 2. The number of carbonyl (C=O) groups excluding carboxylic acids is 1. The zero-order valence-electron chi connectivity index (χ0n) is 10.2. The van der Waals surface area contributed by atoms with Gasteiger partial charge in [-0.15, -0.1) is 0 Å². The Morgan fingerprint density at radius 1 is 1.35 bits per heavy atom. The topological polar surface area (TPSA) is 78.4 Å². The predicted octanol–water partition coefficient (Wildman–Crippen LogP) is 1.24. The molecule has 1 heterocycles. The molecule has 1 fully saturated rings. The van der Waals surface area contributed by atoms with E-state index in [1.807, 2.05) is 0 Å².